The average Bonchev–Trinajstić information content (AvgIpc) is 2.96. The number of carbonyl (C=O) groups is 1. The van der Waals surface area contributed by atoms with Crippen LogP contribution in [-0.2, 0) is 4.84 Å². The summed E-state index contributed by atoms with van der Waals surface area (Å²) in [5, 5.41) is 12.1. The number of carbonyl (C=O) groups excluding carboxylic acids is 1. The van der Waals surface area contributed by atoms with E-state index in [2.05, 4.69) is 31.7 Å². The number of amides is 2. The molecule has 0 fully saturated rings. The highest BCUT2D eigenvalue weighted by Crippen LogP contribution is 2.29. The van der Waals surface area contributed by atoms with Crippen LogP contribution in [0.15, 0.2) is 51.6 Å². The number of aliphatic hydroxyl groups excluding tert-OH is 1. The number of aliphatic hydroxyl groups is 1. The quantitative estimate of drug-likeness (QED) is 0.629. The Hall–Kier alpha value is -2.43. The fourth-order valence-electron chi connectivity index (χ4n) is 2.34. The zero-order chi connectivity index (χ0) is 18.7. The summed E-state index contributed by atoms with van der Waals surface area (Å²) < 4.78 is 14.8. The number of aliphatic imine (C=N–C) groups is 1. The largest absolute Gasteiger partial charge is 0.391 e. The van der Waals surface area contributed by atoms with Crippen molar-refractivity contribution in [1.82, 2.24) is 15.3 Å². The molecule has 2 aliphatic heterocycles. The molecule has 0 unspecified atom stereocenters. The molecule has 2 heterocycles. The molecule has 1 atom stereocenters. The second-order valence-corrected chi connectivity index (χ2v) is 6.56. The van der Waals surface area contributed by atoms with Crippen LogP contribution in [0, 0.1) is 5.82 Å². The third kappa shape index (κ3) is 4.03. The first kappa shape index (κ1) is 18.4. The maximum absolute atomic E-state index is 14.2. The predicted octanol–water partition coefficient (Wildman–Crippen LogP) is 2.32. The van der Waals surface area contributed by atoms with E-state index in [0.717, 1.165) is 0 Å². The van der Waals surface area contributed by atoms with E-state index in [0.29, 0.717) is 16.1 Å². The highest BCUT2D eigenvalue weighted by Gasteiger charge is 2.33. The van der Waals surface area contributed by atoms with Gasteiger partial charge >= 0.3 is 6.03 Å². The van der Waals surface area contributed by atoms with Gasteiger partial charge in [0.05, 0.1) is 11.8 Å². The van der Waals surface area contributed by atoms with Crippen LogP contribution in [0.1, 0.15) is 6.92 Å². The van der Waals surface area contributed by atoms with Crippen LogP contribution >= 0.6 is 15.9 Å². The lowest BCUT2D eigenvalue weighted by Crippen LogP contribution is -2.41. The summed E-state index contributed by atoms with van der Waals surface area (Å²) in [6.07, 6.45) is 4.34. The zero-order valence-electron chi connectivity index (χ0n) is 13.8. The zero-order valence-corrected chi connectivity index (χ0v) is 15.4. The number of nitrogens with zero attached hydrogens (tertiary/aromatic N) is 3. The Morgan fingerprint density at radius 1 is 1.54 bits per heavy atom. The Kier molecular flexibility index (Phi) is 5.55. The summed E-state index contributed by atoms with van der Waals surface area (Å²) in [4.78, 5) is 24.7. The number of urea groups is 1. The molecule has 3 N–H and O–H groups in total. The summed E-state index contributed by atoms with van der Waals surface area (Å²) in [7, 11) is 0. The lowest BCUT2D eigenvalue weighted by Gasteiger charge is -2.21. The molecule has 0 saturated heterocycles. The molecule has 26 heavy (non-hydrogen) atoms. The predicted molar refractivity (Wildman–Crippen MR) is 97.1 cm³/mol. The van der Waals surface area contributed by atoms with E-state index in [9.17, 15) is 14.3 Å². The molecule has 3 rings (SSSR count). The van der Waals surface area contributed by atoms with Crippen molar-refractivity contribution in [2.45, 2.75) is 13.0 Å². The third-order valence-electron chi connectivity index (χ3n) is 3.51. The van der Waals surface area contributed by atoms with Gasteiger partial charge in [0.15, 0.2) is 11.6 Å². The maximum Gasteiger partial charge on any atom is 0.348 e. The highest BCUT2D eigenvalue weighted by atomic mass is 79.9. The van der Waals surface area contributed by atoms with Crippen molar-refractivity contribution in [2.24, 2.45) is 4.99 Å². The van der Waals surface area contributed by atoms with Crippen molar-refractivity contribution in [3.05, 3.63) is 52.4 Å². The lowest BCUT2D eigenvalue weighted by atomic mass is 10.3. The number of anilines is 1. The Labute approximate surface area is 157 Å². The second-order valence-electron chi connectivity index (χ2n) is 5.65. The van der Waals surface area contributed by atoms with E-state index in [1.54, 1.807) is 35.5 Å². The smallest absolute Gasteiger partial charge is 0.348 e. The molecule has 138 valence electrons. The molecule has 1 aromatic rings. The summed E-state index contributed by atoms with van der Waals surface area (Å²) in [5.41, 5.74) is 2.45. The minimum atomic E-state index is -0.722. The van der Waals surface area contributed by atoms with Gasteiger partial charge in [-0.2, -0.15) is 0 Å². The SMILES string of the molecule is C[C@H](O)CONC(=O)N1CN2C=CC=NC2=C1Nc1ccc(Br)cc1F. The Bertz CT molecular complexity index is 796. The molecular formula is C16H17BrFN5O3. The molecule has 8 nitrogen and oxygen atoms in total. The van der Waals surface area contributed by atoms with Crippen LogP contribution in [-0.4, -0.2) is 46.5 Å². The van der Waals surface area contributed by atoms with Crippen molar-refractivity contribution in [2.75, 3.05) is 18.6 Å². The minimum Gasteiger partial charge on any atom is -0.391 e. The van der Waals surface area contributed by atoms with Gasteiger partial charge in [-0.15, -0.1) is 0 Å². The third-order valence-corrected chi connectivity index (χ3v) is 4.00. The van der Waals surface area contributed by atoms with Crippen molar-refractivity contribution in [1.29, 1.82) is 0 Å². The van der Waals surface area contributed by atoms with Gasteiger partial charge in [0, 0.05) is 16.9 Å². The van der Waals surface area contributed by atoms with E-state index >= 15 is 0 Å². The first-order valence-corrected chi connectivity index (χ1v) is 8.56. The summed E-state index contributed by atoms with van der Waals surface area (Å²) in [6.45, 7) is 1.66. The minimum absolute atomic E-state index is 0.0535. The second kappa shape index (κ2) is 7.85. The van der Waals surface area contributed by atoms with Crippen molar-refractivity contribution >= 4 is 33.9 Å². The van der Waals surface area contributed by atoms with Gasteiger partial charge in [0.2, 0.25) is 0 Å². The van der Waals surface area contributed by atoms with Gasteiger partial charge in [-0.1, -0.05) is 15.9 Å². The summed E-state index contributed by atoms with van der Waals surface area (Å²) in [5.74, 6) is 0.303. The lowest BCUT2D eigenvalue weighted by molar-refractivity contribution is -0.00141. The topological polar surface area (TPSA) is 89.4 Å². The molecule has 0 aliphatic carbocycles. The van der Waals surface area contributed by atoms with Crippen LogP contribution in [0.4, 0.5) is 14.9 Å². The number of rotatable bonds is 5. The van der Waals surface area contributed by atoms with Gasteiger partial charge < -0.3 is 15.3 Å². The van der Waals surface area contributed by atoms with Gasteiger partial charge in [-0.3, -0.25) is 9.74 Å². The van der Waals surface area contributed by atoms with E-state index in [1.165, 1.54) is 17.9 Å². The Morgan fingerprint density at radius 3 is 3.08 bits per heavy atom. The first-order valence-electron chi connectivity index (χ1n) is 7.77. The maximum atomic E-state index is 14.2. The standard InChI is InChI=1S/C16H17BrFN5O3/c1-10(24)8-26-21-16(25)23-9-22-6-2-5-19-14(22)15(23)20-13-4-3-11(17)7-12(13)18/h2-7,10,20,24H,8-9H2,1H3,(H,21,25)/t10-/m0/s1. The number of benzene rings is 1. The van der Waals surface area contributed by atoms with Crippen LogP contribution in [0.5, 0.6) is 0 Å². The van der Waals surface area contributed by atoms with Crippen molar-refractivity contribution < 1.29 is 19.1 Å². The fourth-order valence-corrected chi connectivity index (χ4v) is 2.68. The molecule has 0 radical (unpaired) electrons. The number of hydrogen-bond donors (Lipinski definition) is 3. The number of fused-ring (bicyclic) bond motifs is 1. The van der Waals surface area contributed by atoms with Gasteiger partial charge in [-0.05, 0) is 31.2 Å². The first-order chi connectivity index (χ1) is 12.5. The number of allylic oxidation sites excluding steroid dienone is 1. The van der Waals surface area contributed by atoms with E-state index < -0.39 is 18.0 Å². The van der Waals surface area contributed by atoms with Crippen LogP contribution < -0.4 is 10.8 Å². The highest BCUT2D eigenvalue weighted by molar-refractivity contribution is 9.10. The van der Waals surface area contributed by atoms with E-state index in [-0.39, 0.29) is 19.0 Å². The number of hydroxylamine groups is 1. The number of nitrogens with one attached hydrogen (secondary N) is 2. The molecule has 1 aromatic carbocycles. The summed E-state index contributed by atoms with van der Waals surface area (Å²) in [6, 6.07) is 3.98. The molecule has 0 spiro atoms. The van der Waals surface area contributed by atoms with Crippen molar-refractivity contribution in [3.8, 4) is 0 Å². The molecule has 0 bridgehead atoms. The van der Waals surface area contributed by atoms with E-state index in [4.69, 9.17) is 4.84 Å². The molecular weight excluding hydrogens is 409 g/mol. The Morgan fingerprint density at radius 2 is 2.35 bits per heavy atom. The summed E-state index contributed by atoms with van der Waals surface area (Å²) >= 11 is 3.21. The van der Waals surface area contributed by atoms with Gasteiger partial charge in [-0.25, -0.2) is 19.7 Å². The van der Waals surface area contributed by atoms with Crippen LogP contribution in [0.3, 0.4) is 0 Å². The Balaban J connectivity index is 1.83. The molecule has 2 amide bonds. The number of hydrogen-bond acceptors (Lipinski definition) is 6. The van der Waals surface area contributed by atoms with Gasteiger partial charge in [0.25, 0.3) is 0 Å². The normalized spacial score (nSPS) is 16.8. The molecule has 2 aliphatic rings. The van der Waals surface area contributed by atoms with Crippen LogP contribution in [0.25, 0.3) is 0 Å². The van der Waals surface area contributed by atoms with Crippen LogP contribution in [0.2, 0.25) is 0 Å². The van der Waals surface area contributed by atoms with Gasteiger partial charge in [0.1, 0.15) is 19.1 Å². The van der Waals surface area contributed by atoms with E-state index in [1.807, 2.05) is 0 Å². The number of halogens is 2. The molecule has 0 aromatic heterocycles. The van der Waals surface area contributed by atoms with Crippen molar-refractivity contribution in [3.63, 3.8) is 0 Å². The monoisotopic (exact) mass is 425 g/mol. The molecule has 0 saturated carbocycles. The fraction of sp³-hybridized carbons (Fsp3) is 0.250. The average molecular weight is 426 g/mol. The molecule has 10 heteroatoms.